The summed E-state index contributed by atoms with van der Waals surface area (Å²) in [5.74, 6) is -0.666. The normalized spacial score (nSPS) is 13.6. The molecule has 0 fully saturated rings. The molecule has 0 aliphatic rings. The van der Waals surface area contributed by atoms with Gasteiger partial charge in [-0.05, 0) is 43.5 Å². The average Bonchev–Trinajstić information content (AvgIpc) is 2.38. The molecule has 2 N–H and O–H groups in total. The lowest BCUT2D eigenvalue weighted by Gasteiger charge is -2.28. The molecule has 1 rings (SSSR count). The van der Waals surface area contributed by atoms with Crippen LogP contribution in [0.5, 0.6) is 5.75 Å². The van der Waals surface area contributed by atoms with Crippen molar-refractivity contribution in [1.82, 2.24) is 0 Å². The average molecular weight is 293 g/mol. The van der Waals surface area contributed by atoms with Gasteiger partial charge in [0.05, 0.1) is 12.5 Å². The van der Waals surface area contributed by atoms with Gasteiger partial charge in [0.2, 0.25) is 5.91 Å². The van der Waals surface area contributed by atoms with E-state index < -0.39 is 11.4 Å². The van der Waals surface area contributed by atoms with Crippen LogP contribution in [0.25, 0.3) is 0 Å². The fraction of sp³-hybridized carbons (Fsp3) is 0.500. The number of benzene rings is 1. The van der Waals surface area contributed by atoms with Crippen LogP contribution in [0.1, 0.15) is 32.8 Å². The van der Waals surface area contributed by atoms with E-state index in [1.807, 2.05) is 6.92 Å². The molecule has 0 heterocycles. The molecule has 0 aliphatic carbocycles. The van der Waals surface area contributed by atoms with E-state index in [9.17, 15) is 14.7 Å². The van der Waals surface area contributed by atoms with Gasteiger partial charge >= 0.3 is 5.97 Å². The second kappa shape index (κ2) is 6.61. The first kappa shape index (κ1) is 17.0. The topological polar surface area (TPSA) is 75.6 Å². The van der Waals surface area contributed by atoms with Crippen LogP contribution < -0.4 is 10.1 Å². The smallest absolute Gasteiger partial charge is 0.310 e. The van der Waals surface area contributed by atoms with Gasteiger partial charge < -0.3 is 15.2 Å². The van der Waals surface area contributed by atoms with Gasteiger partial charge in [-0.15, -0.1) is 0 Å². The number of aliphatic carboxylic acids is 1. The number of nitrogens with one attached hydrogen (secondary N) is 1. The van der Waals surface area contributed by atoms with Gasteiger partial charge in [0.25, 0.3) is 0 Å². The van der Waals surface area contributed by atoms with E-state index in [2.05, 4.69) is 5.32 Å². The largest absolute Gasteiger partial charge is 0.496 e. The van der Waals surface area contributed by atoms with Crippen LogP contribution in [-0.2, 0) is 9.59 Å². The van der Waals surface area contributed by atoms with E-state index in [0.29, 0.717) is 5.69 Å². The van der Waals surface area contributed by atoms with Crippen molar-refractivity contribution >= 4 is 17.6 Å². The van der Waals surface area contributed by atoms with Crippen molar-refractivity contribution in [1.29, 1.82) is 0 Å². The van der Waals surface area contributed by atoms with Crippen LogP contribution in [0, 0.1) is 18.3 Å². The molecule has 1 atom stereocenters. The standard InChI is InChI=1S/C16H23NO4/c1-10(2)16(4,15(19)20)9-14(18)17-12-6-7-13(21-5)11(3)8-12/h6-8,10H,9H2,1-5H3,(H,17,18)(H,19,20). The molecule has 116 valence electrons. The molecule has 0 spiro atoms. The summed E-state index contributed by atoms with van der Waals surface area (Å²) in [7, 11) is 1.58. The second-order valence-corrected chi connectivity index (χ2v) is 5.79. The van der Waals surface area contributed by atoms with Crippen molar-refractivity contribution in [3.8, 4) is 5.75 Å². The van der Waals surface area contributed by atoms with E-state index >= 15 is 0 Å². The molecule has 0 saturated heterocycles. The zero-order valence-corrected chi connectivity index (χ0v) is 13.2. The van der Waals surface area contributed by atoms with Gasteiger partial charge in [-0.25, -0.2) is 0 Å². The van der Waals surface area contributed by atoms with Crippen molar-refractivity contribution in [2.75, 3.05) is 12.4 Å². The summed E-state index contributed by atoms with van der Waals surface area (Å²) in [4.78, 5) is 23.5. The minimum absolute atomic E-state index is 0.0644. The first-order valence-corrected chi connectivity index (χ1v) is 6.88. The van der Waals surface area contributed by atoms with E-state index in [4.69, 9.17) is 4.74 Å². The Morgan fingerprint density at radius 3 is 2.43 bits per heavy atom. The zero-order chi connectivity index (χ0) is 16.2. The van der Waals surface area contributed by atoms with Gasteiger partial charge in [0, 0.05) is 12.1 Å². The lowest BCUT2D eigenvalue weighted by molar-refractivity contribution is -0.153. The molecule has 1 aromatic carbocycles. The summed E-state index contributed by atoms with van der Waals surface area (Å²) in [5, 5.41) is 12.1. The summed E-state index contributed by atoms with van der Waals surface area (Å²) in [6.45, 7) is 7.08. The number of carboxylic acids is 1. The number of hydrogen-bond donors (Lipinski definition) is 2. The van der Waals surface area contributed by atoms with Crippen LogP contribution in [0.3, 0.4) is 0 Å². The summed E-state index contributed by atoms with van der Waals surface area (Å²) in [6, 6.07) is 5.30. The monoisotopic (exact) mass is 293 g/mol. The maximum absolute atomic E-state index is 12.1. The van der Waals surface area contributed by atoms with Crippen LogP contribution in [0.15, 0.2) is 18.2 Å². The van der Waals surface area contributed by atoms with Crippen molar-refractivity contribution in [2.45, 2.75) is 34.1 Å². The number of ether oxygens (including phenoxy) is 1. The van der Waals surface area contributed by atoms with E-state index in [1.165, 1.54) is 0 Å². The fourth-order valence-corrected chi connectivity index (χ4v) is 2.02. The van der Waals surface area contributed by atoms with Gasteiger partial charge in [-0.3, -0.25) is 9.59 Å². The minimum Gasteiger partial charge on any atom is -0.496 e. The Morgan fingerprint density at radius 1 is 1.38 bits per heavy atom. The molecular weight excluding hydrogens is 270 g/mol. The summed E-state index contributed by atoms with van der Waals surface area (Å²) in [5.41, 5.74) is 0.459. The SMILES string of the molecule is COc1ccc(NC(=O)CC(C)(C(=O)O)C(C)C)cc1C. The molecule has 1 aromatic rings. The summed E-state index contributed by atoms with van der Waals surface area (Å²) >= 11 is 0. The summed E-state index contributed by atoms with van der Waals surface area (Å²) < 4.78 is 5.16. The lowest BCUT2D eigenvalue weighted by Crippen LogP contribution is -2.37. The van der Waals surface area contributed by atoms with Crippen LogP contribution in [0.4, 0.5) is 5.69 Å². The van der Waals surface area contributed by atoms with Crippen molar-refractivity contribution in [2.24, 2.45) is 11.3 Å². The van der Waals surface area contributed by atoms with Crippen molar-refractivity contribution in [3.63, 3.8) is 0 Å². The molecule has 1 unspecified atom stereocenters. The molecule has 0 bridgehead atoms. The van der Waals surface area contributed by atoms with E-state index in [0.717, 1.165) is 11.3 Å². The number of aryl methyl sites for hydroxylation is 1. The van der Waals surface area contributed by atoms with Crippen LogP contribution >= 0.6 is 0 Å². The highest BCUT2D eigenvalue weighted by atomic mass is 16.5. The number of carbonyl (C=O) groups excluding carboxylic acids is 1. The third kappa shape index (κ3) is 3.97. The Kier molecular flexibility index (Phi) is 5.35. The number of hydrogen-bond acceptors (Lipinski definition) is 3. The predicted molar refractivity (Wildman–Crippen MR) is 81.6 cm³/mol. The highest BCUT2D eigenvalue weighted by Gasteiger charge is 2.38. The Balaban J connectivity index is 2.82. The van der Waals surface area contributed by atoms with Gasteiger partial charge in [0.15, 0.2) is 0 Å². The van der Waals surface area contributed by atoms with Gasteiger partial charge in [-0.1, -0.05) is 13.8 Å². The first-order chi connectivity index (χ1) is 9.70. The zero-order valence-electron chi connectivity index (χ0n) is 13.2. The molecule has 21 heavy (non-hydrogen) atoms. The fourth-order valence-electron chi connectivity index (χ4n) is 2.02. The highest BCUT2D eigenvalue weighted by molar-refractivity contribution is 5.94. The molecule has 1 amide bonds. The molecule has 0 aromatic heterocycles. The number of anilines is 1. The molecule has 0 radical (unpaired) electrons. The Morgan fingerprint density at radius 2 is 2.00 bits per heavy atom. The maximum atomic E-state index is 12.1. The van der Waals surface area contributed by atoms with E-state index in [1.54, 1.807) is 46.1 Å². The van der Waals surface area contributed by atoms with Crippen molar-refractivity contribution in [3.05, 3.63) is 23.8 Å². The van der Waals surface area contributed by atoms with Gasteiger partial charge in [0.1, 0.15) is 5.75 Å². The number of carboxylic acid groups (broad SMARTS) is 1. The molecule has 0 saturated carbocycles. The Bertz CT molecular complexity index is 539. The first-order valence-electron chi connectivity index (χ1n) is 6.88. The third-order valence-corrected chi connectivity index (χ3v) is 3.97. The quantitative estimate of drug-likeness (QED) is 0.845. The molecule has 5 heteroatoms. The second-order valence-electron chi connectivity index (χ2n) is 5.79. The third-order valence-electron chi connectivity index (χ3n) is 3.97. The van der Waals surface area contributed by atoms with E-state index in [-0.39, 0.29) is 18.2 Å². The number of rotatable bonds is 6. The molecular formula is C16H23NO4. The van der Waals surface area contributed by atoms with Crippen LogP contribution in [-0.4, -0.2) is 24.1 Å². The minimum atomic E-state index is -1.08. The van der Waals surface area contributed by atoms with Crippen LogP contribution in [0.2, 0.25) is 0 Å². The van der Waals surface area contributed by atoms with Gasteiger partial charge in [-0.2, -0.15) is 0 Å². The molecule has 0 aliphatic heterocycles. The Labute approximate surface area is 125 Å². The maximum Gasteiger partial charge on any atom is 0.310 e. The highest BCUT2D eigenvalue weighted by Crippen LogP contribution is 2.32. The lowest BCUT2D eigenvalue weighted by atomic mass is 9.76. The predicted octanol–water partition coefficient (Wildman–Crippen LogP) is 3.08. The summed E-state index contributed by atoms with van der Waals surface area (Å²) in [6.07, 6.45) is -0.0644. The van der Waals surface area contributed by atoms with Crippen molar-refractivity contribution < 1.29 is 19.4 Å². The molecule has 5 nitrogen and oxygen atoms in total. The number of carbonyl (C=O) groups is 2. The number of amides is 1. The number of methoxy groups -OCH3 is 1. The Hall–Kier alpha value is -2.04.